The highest BCUT2D eigenvalue weighted by molar-refractivity contribution is 7.99. The Kier molecular flexibility index (Phi) is 12.9. The Morgan fingerprint density at radius 1 is 0.571 bits per heavy atom. The first-order valence-electron chi connectivity index (χ1n) is 15.9. The van der Waals surface area contributed by atoms with E-state index >= 15 is 0 Å². The van der Waals surface area contributed by atoms with Crippen molar-refractivity contribution < 1.29 is 8.83 Å². The highest BCUT2D eigenvalue weighted by Gasteiger charge is 2.18. The monoisotopic (exact) mass is 604 g/mol. The van der Waals surface area contributed by atoms with Gasteiger partial charge in [0.2, 0.25) is 11.8 Å². The van der Waals surface area contributed by atoms with Crippen molar-refractivity contribution in [2.24, 2.45) is 0 Å². The van der Waals surface area contributed by atoms with Gasteiger partial charge in [0.1, 0.15) is 0 Å². The number of unbranched alkanes of at least 4 members (excludes halogenated alkanes) is 9. The third kappa shape index (κ3) is 10.3. The van der Waals surface area contributed by atoms with Gasteiger partial charge in [0.05, 0.1) is 0 Å². The quantitative estimate of drug-likeness (QED) is 0.0820. The molecule has 1 saturated carbocycles. The topological polar surface area (TPSA) is 77.8 Å². The summed E-state index contributed by atoms with van der Waals surface area (Å²) in [5.41, 5.74) is 3.38. The van der Waals surface area contributed by atoms with Crippen LogP contribution in [0.5, 0.6) is 0 Å². The molecule has 0 N–H and O–H groups in total. The summed E-state index contributed by atoms with van der Waals surface area (Å²) >= 11 is 3.43. The van der Waals surface area contributed by atoms with E-state index in [1.54, 1.807) is 23.5 Å². The Hall–Kier alpha value is -2.58. The summed E-state index contributed by atoms with van der Waals surface area (Å²) < 4.78 is 11.7. The number of hydrogen-bond donors (Lipinski definition) is 0. The molecule has 8 heteroatoms. The fourth-order valence-electron chi connectivity index (χ4n) is 5.48. The number of nitrogens with zero attached hydrogens (tertiary/aromatic N) is 4. The fourth-order valence-corrected chi connectivity index (χ4v) is 7.31. The van der Waals surface area contributed by atoms with E-state index in [1.807, 2.05) is 30.3 Å². The van der Waals surface area contributed by atoms with Crippen LogP contribution in [-0.2, 0) is 6.42 Å². The fraction of sp³-hybridized carbons (Fsp3) is 0.529. The molecule has 0 radical (unpaired) electrons. The highest BCUT2D eigenvalue weighted by atomic mass is 32.2. The van der Waals surface area contributed by atoms with Crippen molar-refractivity contribution in [3.8, 4) is 22.9 Å². The SMILES string of the molecule is c1ccc(-c2nnc(SCCCCCCCCCCCCc3ccc(-c4nnc(SC5CCCCC5)o4)cc3)o2)cc1. The Morgan fingerprint density at radius 2 is 1.14 bits per heavy atom. The summed E-state index contributed by atoms with van der Waals surface area (Å²) in [6.07, 6.45) is 20.8. The third-order valence-corrected chi connectivity index (χ3v) is 10.0. The lowest BCUT2D eigenvalue weighted by Gasteiger charge is -2.18. The lowest BCUT2D eigenvalue weighted by Crippen LogP contribution is -2.07. The number of aryl methyl sites for hydroxylation is 1. The molecule has 6 nitrogen and oxygen atoms in total. The average Bonchev–Trinajstić information content (AvgIpc) is 3.71. The molecule has 5 rings (SSSR count). The van der Waals surface area contributed by atoms with Crippen molar-refractivity contribution in [1.29, 1.82) is 0 Å². The molecule has 2 aromatic heterocycles. The van der Waals surface area contributed by atoms with Crippen LogP contribution < -0.4 is 0 Å². The van der Waals surface area contributed by atoms with Gasteiger partial charge in [0.25, 0.3) is 10.4 Å². The van der Waals surface area contributed by atoms with Gasteiger partial charge in [-0.3, -0.25) is 0 Å². The van der Waals surface area contributed by atoms with E-state index in [9.17, 15) is 0 Å². The van der Waals surface area contributed by atoms with Crippen molar-refractivity contribution in [2.75, 3.05) is 5.75 Å². The maximum atomic E-state index is 5.95. The van der Waals surface area contributed by atoms with E-state index in [0.717, 1.165) is 28.5 Å². The van der Waals surface area contributed by atoms with Crippen LogP contribution in [0.25, 0.3) is 22.9 Å². The Morgan fingerprint density at radius 3 is 1.83 bits per heavy atom. The molecule has 42 heavy (non-hydrogen) atoms. The smallest absolute Gasteiger partial charge is 0.277 e. The summed E-state index contributed by atoms with van der Waals surface area (Å²) in [6.45, 7) is 0. The number of hydrogen-bond acceptors (Lipinski definition) is 8. The third-order valence-electron chi connectivity index (χ3n) is 7.94. The van der Waals surface area contributed by atoms with E-state index in [4.69, 9.17) is 8.83 Å². The van der Waals surface area contributed by atoms with E-state index in [-0.39, 0.29) is 0 Å². The van der Waals surface area contributed by atoms with Gasteiger partial charge in [-0.15, -0.1) is 20.4 Å². The zero-order chi connectivity index (χ0) is 28.7. The molecule has 2 aromatic carbocycles. The van der Waals surface area contributed by atoms with Gasteiger partial charge in [-0.2, -0.15) is 0 Å². The molecule has 1 fully saturated rings. The first kappa shape index (κ1) is 30.9. The largest absolute Gasteiger partial charge is 0.411 e. The van der Waals surface area contributed by atoms with Gasteiger partial charge < -0.3 is 8.83 Å². The van der Waals surface area contributed by atoms with Crippen LogP contribution >= 0.6 is 23.5 Å². The molecule has 0 amide bonds. The van der Waals surface area contributed by atoms with Crippen molar-refractivity contribution >= 4 is 23.5 Å². The maximum Gasteiger partial charge on any atom is 0.277 e. The lowest BCUT2D eigenvalue weighted by atomic mass is 10.0. The zero-order valence-electron chi connectivity index (χ0n) is 24.7. The number of benzene rings is 2. The van der Waals surface area contributed by atoms with Crippen LogP contribution in [0.4, 0.5) is 0 Å². The minimum absolute atomic E-state index is 0.603. The number of thioether (sulfide) groups is 2. The molecule has 0 saturated heterocycles. The summed E-state index contributed by atoms with van der Waals surface area (Å²) in [7, 11) is 0. The van der Waals surface area contributed by atoms with Gasteiger partial charge in [0.15, 0.2) is 0 Å². The predicted molar refractivity (Wildman–Crippen MR) is 173 cm³/mol. The minimum atomic E-state index is 0.603. The summed E-state index contributed by atoms with van der Waals surface area (Å²) in [5.74, 6) is 2.28. The van der Waals surface area contributed by atoms with Crippen LogP contribution in [-0.4, -0.2) is 31.4 Å². The molecule has 0 bridgehead atoms. The highest BCUT2D eigenvalue weighted by Crippen LogP contribution is 2.34. The summed E-state index contributed by atoms with van der Waals surface area (Å²) in [4.78, 5) is 0. The average molecular weight is 605 g/mol. The van der Waals surface area contributed by atoms with Crippen LogP contribution in [0.1, 0.15) is 102 Å². The second-order valence-electron chi connectivity index (χ2n) is 11.3. The second kappa shape index (κ2) is 17.5. The van der Waals surface area contributed by atoms with Gasteiger partial charge in [-0.05, 0) is 61.9 Å². The molecule has 1 aliphatic rings. The van der Waals surface area contributed by atoms with Crippen molar-refractivity contribution in [3.05, 3.63) is 60.2 Å². The molecule has 4 aromatic rings. The van der Waals surface area contributed by atoms with Crippen LogP contribution in [0, 0.1) is 0 Å². The van der Waals surface area contributed by atoms with Gasteiger partial charge in [-0.25, -0.2) is 0 Å². The Bertz CT molecular complexity index is 1290. The first-order valence-corrected chi connectivity index (χ1v) is 17.8. The first-order chi connectivity index (χ1) is 20.8. The van der Waals surface area contributed by atoms with E-state index in [0.29, 0.717) is 22.3 Å². The van der Waals surface area contributed by atoms with E-state index in [2.05, 4.69) is 44.7 Å². The normalized spacial score (nSPS) is 14.0. The van der Waals surface area contributed by atoms with Gasteiger partial charge >= 0.3 is 0 Å². The predicted octanol–water partition coefficient (Wildman–Crippen LogP) is 10.4. The molecule has 1 aliphatic carbocycles. The van der Waals surface area contributed by atoms with Crippen molar-refractivity contribution in [3.63, 3.8) is 0 Å². The van der Waals surface area contributed by atoms with Crippen molar-refractivity contribution in [1.82, 2.24) is 20.4 Å². The standard InChI is InChI=1S/C34H44N4O2S2/c1(2-4-6-8-16-26-41-33-37-35-31(39-33)28-18-12-9-13-19-28)3-5-7-11-17-27-22-24-29(25-23-27)32-36-38-34(40-32)42-30-20-14-10-15-21-30/h9,12-13,18-19,22-25,30H,1-8,10-11,14-17,20-21,26H2. The van der Waals surface area contributed by atoms with Crippen LogP contribution in [0.3, 0.4) is 0 Å². The molecule has 224 valence electrons. The van der Waals surface area contributed by atoms with Crippen LogP contribution in [0.15, 0.2) is 73.9 Å². The Balaban J connectivity index is 0.844. The van der Waals surface area contributed by atoms with Gasteiger partial charge in [0, 0.05) is 22.1 Å². The molecular formula is C34H44N4O2S2. The molecule has 0 spiro atoms. The molecule has 0 aliphatic heterocycles. The molecule has 0 unspecified atom stereocenters. The molecular weight excluding hydrogens is 561 g/mol. The van der Waals surface area contributed by atoms with Gasteiger partial charge in [-0.1, -0.05) is 124 Å². The Labute approximate surface area is 259 Å². The zero-order valence-corrected chi connectivity index (χ0v) is 26.3. The number of rotatable bonds is 18. The van der Waals surface area contributed by atoms with Crippen LogP contribution in [0.2, 0.25) is 0 Å². The second-order valence-corrected chi connectivity index (χ2v) is 13.6. The van der Waals surface area contributed by atoms with E-state index < -0.39 is 0 Å². The van der Waals surface area contributed by atoms with Crippen molar-refractivity contribution in [2.45, 2.75) is 118 Å². The summed E-state index contributed by atoms with van der Waals surface area (Å²) in [6, 6.07) is 18.6. The molecule has 2 heterocycles. The minimum Gasteiger partial charge on any atom is -0.411 e. The maximum absolute atomic E-state index is 5.95. The van der Waals surface area contributed by atoms with E-state index in [1.165, 1.54) is 102 Å². The number of aromatic nitrogens is 4. The molecule has 0 atom stereocenters. The lowest BCUT2D eigenvalue weighted by molar-refractivity contribution is 0.458. The summed E-state index contributed by atoms with van der Waals surface area (Å²) in [5, 5.41) is 18.9.